The number of aromatic nitrogens is 4. The van der Waals surface area contributed by atoms with Gasteiger partial charge >= 0.3 is 5.97 Å². The molecule has 4 N–H and O–H groups in total. The third-order valence-corrected chi connectivity index (χ3v) is 5.75. The smallest absolute Gasteiger partial charge is 0.303 e. The zero-order valence-corrected chi connectivity index (χ0v) is 20.7. The van der Waals surface area contributed by atoms with Crippen molar-refractivity contribution in [2.45, 2.75) is 52.6 Å². The Balaban J connectivity index is 1.64. The number of amides is 1. The van der Waals surface area contributed by atoms with Gasteiger partial charge in [-0.15, -0.1) is 0 Å². The summed E-state index contributed by atoms with van der Waals surface area (Å²) in [5, 5.41) is 14.7. The van der Waals surface area contributed by atoms with E-state index in [9.17, 15) is 24.0 Å². The van der Waals surface area contributed by atoms with Crippen molar-refractivity contribution in [2.75, 3.05) is 5.32 Å². The van der Waals surface area contributed by atoms with Crippen molar-refractivity contribution in [1.29, 1.82) is 0 Å². The van der Waals surface area contributed by atoms with Crippen LogP contribution in [0.5, 0.6) is 0 Å². The Labute approximate surface area is 211 Å². The molecule has 0 spiro atoms. The number of ketones is 2. The fourth-order valence-corrected chi connectivity index (χ4v) is 3.49. The summed E-state index contributed by atoms with van der Waals surface area (Å²) in [4.78, 5) is 75.2. The maximum atomic E-state index is 12.7. The van der Waals surface area contributed by atoms with Gasteiger partial charge in [0.15, 0.2) is 16.9 Å². The van der Waals surface area contributed by atoms with Crippen LogP contribution < -0.4 is 16.2 Å². The van der Waals surface area contributed by atoms with Crippen LogP contribution in [0.25, 0.3) is 11.2 Å². The second-order valence-electron chi connectivity index (χ2n) is 8.76. The van der Waals surface area contributed by atoms with Gasteiger partial charge in [0, 0.05) is 30.0 Å². The minimum Gasteiger partial charge on any atom is -0.481 e. The molecule has 0 saturated heterocycles. The van der Waals surface area contributed by atoms with Gasteiger partial charge < -0.3 is 20.7 Å². The molecular formula is C25H28N6O6. The summed E-state index contributed by atoms with van der Waals surface area (Å²) in [5.41, 5.74) is 1.49. The Kier molecular flexibility index (Phi) is 8.77. The van der Waals surface area contributed by atoms with Crippen molar-refractivity contribution < 1.29 is 24.3 Å². The van der Waals surface area contributed by atoms with E-state index in [-0.39, 0.29) is 53.9 Å². The summed E-state index contributed by atoms with van der Waals surface area (Å²) >= 11 is 0. The van der Waals surface area contributed by atoms with Gasteiger partial charge in [0.1, 0.15) is 11.6 Å². The molecule has 0 unspecified atom stereocenters. The van der Waals surface area contributed by atoms with Crippen LogP contribution >= 0.6 is 0 Å². The van der Waals surface area contributed by atoms with Crippen molar-refractivity contribution in [3.05, 3.63) is 57.9 Å². The van der Waals surface area contributed by atoms with E-state index < -0.39 is 29.6 Å². The van der Waals surface area contributed by atoms with Gasteiger partial charge in [0.2, 0.25) is 0 Å². The van der Waals surface area contributed by atoms with Crippen molar-refractivity contribution in [1.82, 2.24) is 25.3 Å². The molecule has 2 atom stereocenters. The number of nitrogens with one attached hydrogen (secondary N) is 3. The summed E-state index contributed by atoms with van der Waals surface area (Å²) < 4.78 is 0. The van der Waals surface area contributed by atoms with E-state index in [0.29, 0.717) is 17.2 Å². The standard InChI is InChI=1S/C25H28N6O6/c1-13(14(2)32)10-20(33)19(8-9-21(34)35)31-24(36)16-4-6-17(7-5-16)26-11-18-12-27-23-22(30-18)25(37)29-15(3)28-23/h4-7,12-13,19,26H,8-11H2,1-3H3,(H,31,36)(H,34,35)(H,27,28,29,37)/t13-,19+/m1/s1. The molecule has 1 amide bonds. The number of anilines is 1. The number of rotatable bonds is 12. The number of carbonyl (C=O) groups excluding carboxylic acids is 3. The molecule has 3 rings (SSSR count). The SMILES string of the molecule is CC(=O)[C@H](C)CC(=O)[C@H](CCC(=O)O)NC(=O)c1ccc(NCc2cnc3nc(C)[nH]c(=O)c3n2)cc1. The molecule has 0 aliphatic rings. The predicted molar refractivity (Wildman–Crippen MR) is 134 cm³/mol. The lowest BCUT2D eigenvalue weighted by Crippen LogP contribution is -2.42. The predicted octanol–water partition coefficient (Wildman–Crippen LogP) is 1.78. The Morgan fingerprint density at radius 2 is 1.81 bits per heavy atom. The molecule has 3 aromatic rings. The lowest BCUT2D eigenvalue weighted by atomic mass is 9.95. The summed E-state index contributed by atoms with van der Waals surface area (Å²) in [5.74, 6) is -2.25. The molecule has 0 aliphatic heterocycles. The number of fused-ring (bicyclic) bond motifs is 1. The van der Waals surface area contributed by atoms with Crippen molar-refractivity contribution >= 4 is 40.3 Å². The first-order valence-electron chi connectivity index (χ1n) is 11.7. The molecule has 12 heteroatoms. The molecule has 0 aliphatic carbocycles. The number of carboxylic acid groups (broad SMARTS) is 1. The van der Waals surface area contributed by atoms with E-state index in [0.717, 1.165) is 0 Å². The topological polar surface area (TPSA) is 184 Å². The molecule has 1 aromatic carbocycles. The zero-order chi connectivity index (χ0) is 27.1. The molecule has 37 heavy (non-hydrogen) atoms. The summed E-state index contributed by atoms with van der Waals surface area (Å²) in [7, 11) is 0. The van der Waals surface area contributed by atoms with Gasteiger partial charge in [-0.1, -0.05) is 6.92 Å². The molecule has 0 radical (unpaired) electrons. The number of hydrogen-bond acceptors (Lipinski definition) is 9. The Morgan fingerprint density at radius 3 is 2.46 bits per heavy atom. The lowest BCUT2D eigenvalue weighted by molar-refractivity contribution is -0.137. The minimum absolute atomic E-state index is 0.0745. The normalized spacial score (nSPS) is 12.5. The molecule has 0 bridgehead atoms. The van der Waals surface area contributed by atoms with E-state index in [4.69, 9.17) is 5.11 Å². The van der Waals surface area contributed by atoms with Gasteiger partial charge in [-0.05, 0) is 44.5 Å². The van der Waals surface area contributed by atoms with E-state index in [1.807, 2.05) is 0 Å². The maximum absolute atomic E-state index is 12.7. The number of H-pyrrole nitrogens is 1. The van der Waals surface area contributed by atoms with E-state index in [1.54, 1.807) is 38.1 Å². The highest BCUT2D eigenvalue weighted by Gasteiger charge is 2.25. The number of aryl methyl sites for hydroxylation is 1. The van der Waals surface area contributed by atoms with Gasteiger partial charge in [0.25, 0.3) is 11.5 Å². The molecule has 2 aromatic heterocycles. The fourth-order valence-electron chi connectivity index (χ4n) is 3.49. The Bertz CT molecular complexity index is 1380. The molecule has 2 heterocycles. The number of carboxylic acids is 1. The maximum Gasteiger partial charge on any atom is 0.303 e. The van der Waals surface area contributed by atoms with Crippen LogP contribution in [-0.2, 0) is 20.9 Å². The van der Waals surface area contributed by atoms with Crippen molar-refractivity contribution in [3.8, 4) is 0 Å². The van der Waals surface area contributed by atoms with Crippen LogP contribution in [0.4, 0.5) is 5.69 Å². The van der Waals surface area contributed by atoms with Crippen LogP contribution in [0.15, 0.2) is 35.3 Å². The van der Waals surface area contributed by atoms with E-state index in [2.05, 4.69) is 30.6 Å². The van der Waals surface area contributed by atoms with Crippen LogP contribution in [0.2, 0.25) is 0 Å². The fraction of sp³-hybridized carbons (Fsp3) is 0.360. The highest BCUT2D eigenvalue weighted by Crippen LogP contribution is 2.14. The van der Waals surface area contributed by atoms with Crippen LogP contribution in [0.3, 0.4) is 0 Å². The molecular weight excluding hydrogens is 480 g/mol. The van der Waals surface area contributed by atoms with Crippen LogP contribution in [0.1, 0.15) is 55.0 Å². The summed E-state index contributed by atoms with van der Waals surface area (Å²) in [6.45, 7) is 4.91. The Morgan fingerprint density at radius 1 is 1.11 bits per heavy atom. The monoisotopic (exact) mass is 508 g/mol. The number of nitrogens with zero attached hydrogens (tertiary/aromatic N) is 3. The highest BCUT2D eigenvalue weighted by molar-refractivity contribution is 5.99. The van der Waals surface area contributed by atoms with Gasteiger partial charge in [0.05, 0.1) is 24.5 Å². The summed E-state index contributed by atoms with van der Waals surface area (Å²) in [6.07, 6.45) is 1.06. The molecule has 0 saturated carbocycles. The Hall–Kier alpha value is -4.48. The van der Waals surface area contributed by atoms with E-state index in [1.165, 1.54) is 13.1 Å². The highest BCUT2D eigenvalue weighted by atomic mass is 16.4. The minimum atomic E-state index is -1.09. The third-order valence-electron chi connectivity index (χ3n) is 5.75. The second kappa shape index (κ2) is 12.0. The summed E-state index contributed by atoms with van der Waals surface area (Å²) in [6, 6.07) is 5.41. The lowest BCUT2D eigenvalue weighted by Gasteiger charge is -2.18. The van der Waals surface area contributed by atoms with Gasteiger partial charge in [-0.3, -0.25) is 24.0 Å². The number of Topliss-reactive ketones (excluding diaryl/α,β-unsaturated/α-hetero) is 2. The van der Waals surface area contributed by atoms with Gasteiger partial charge in [-0.25, -0.2) is 15.0 Å². The third kappa shape index (κ3) is 7.50. The van der Waals surface area contributed by atoms with Crippen LogP contribution in [0, 0.1) is 12.8 Å². The number of aromatic amines is 1. The molecule has 0 fully saturated rings. The van der Waals surface area contributed by atoms with Crippen LogP contribution in [-0.4, -0.2) is 54.5 Å². The first-order chi connectivity index (χ1) is 17.5. The number of hydrogen-bond donors (Lipinski definition) is 4. The van der Waals surface area contributed by atoms with Crippen molar-refractivity contribution in [2.24, 2.45) is 5.92 Å². The van der Waals surface area contributed by atoms with Crippen molar-refractivity contribution in [3.63, 3.8) is 0 Å². The number of aliphatic carboxylic acids is 1. The first-order valence-corrected chi connectivity index (χ1v) is 11.7. The number of carbonyl (C=O) groups is 4. The largest absolute Gasteiger partial charge is 0.481 e. The molecule has 12 nitrogen and oxygen atoms in total. The second-order valence-corrected chi connectivity index (χ2v) is 8.76. The molecule has 194 valence electrons. The average molecular weight is 509 g/mol. The zero-order valence-electron chi connectivity index (χ0n) is 20.7. The number of benzene rings is 1. The van der Waals surface area contributed by atoms with E-state index >= 15 is 0 Å². The first kappa shape index (κ1) is 27.1. The quantitative estimate of drug-likeness (QED) is 0.281. The van der Waals surface area contributed by atoms with Gasteiger partial charge in [-0.2, -0.15) is 0 Å². The average Bonchev–Trinajstić information content (AvgIpc) is 2.85.